The van der Waals surface area contributed by atoms with Gasteiger partial charge in [0.05, 0.1) is 12.6 Å². The molecule has 2 unspecified atom stereocenters. The molecule has 0 radical (unpaired) electrons. The van der Waals surface area contributed by atoms with Crippen molar-refractivity contribution in [2.45, 2.75) is 25.2 Å². The molecule has 0 aliphatic carbocycles. The summed E-state index contributed by atoms with van der Waals surface area (Å²) in [6.45, 7) is 0.296. The molecule has 0 spiro atoms. The number of aliphatic hydroxyl groups is 1. The Balaban J connectivity index is 2.31. The molecule has 2 atom stereocenters. The monoisotopic (exact) mass is 309 g/mol. The first-order valence-corrected chi connectivity index (χ1v) is 7.06. The van der Waals surface area contributed by atoms with E-state index in [0.717, 1.165) is 5.56 Å². The summed E-state index contributed by atoms with van der Waals surface area (Å²) in [6, 6.07) is 9.46. The predicted octanol–water partition coefficient (Wildman–Crippen LogP) is -0.856. The van der Waals surface area contributed by atoms with Gasteiger partial charge in [-0.25, -0.2) is 0 Å². The van der Waals surface area contributed by atoms with Crippen molar-refractivity contribution in [2.24, 2.45) is 5.73 Å². The zero-order chi connectivity index (χ0) is 16.4. The summed E-state index contributed by atoms with van der Waals surface area (Å²) in [7, 11) is 1.36. The lowest BCUT2D eigenvalue weighted by atomic mass is 10.1. The summed E-state index contributed by atoms with van der Waals surface area (Å²) < 4.78 is 4.99. The van der Waals surface area contributed by atoms with Crippen LogP contribution in [0.1, 0.15) is 12.0 Å². The molecule has 0 heterocycles. The molecule has 122 valence electrons. The zero-order valence-electron chi connectivity index (χ0n) is 12.6. The molecule has 0 bridgehead atoms. The topological polar surface area (TPSA) is 114 Å². The van der Waals surface area contributed by atoms with Gasteiger partial charge < -0.3 is 26.2 Å². The van der Waals surface area contributed by atoms with Crippen molar-refractivity contribution in [3.05, 3.63) is 35.9 Å². The largest absolute Gasteiger partial charge is 0.392 e. The molecule has 0 fully saturated rings. The Hall–Kier alpha value is -1.96. The van der Waals surface area contributed by atoms with Crippen molar-refractivity contribution in [1.29, 1.82) is 0 Å². The molecule has 5 N–H and O–H groups in total. The van der Waals surface area contributed by atoms with Crippen LogP contribution in [-0.2, 0) is 20.9 Å². The van der Waals surface area contributed by atoms with E-state index in [-0.39, 0.29) is 25.4 Å². The first-order chi connectivity index (χ1) is 10.6. The normalized spacial score (nSPS) is 13.2. The first-order valence-electron chi connectivity index (χ1n) is 7.06. The molecule has 1 aromatic carbocycles. The molecule has 0 aliphatic rings. The minimum Gasteiger partial charge on any atom is -0.392 e. The van der Waals surface area contributed by atoms with Crippen molar-refractivity contribution in [3.63, 3.8) is 0 Å². The number of hydrogen-bond acceptors (Lipinski definition) is 5. The second-order valence-electron chi connectivity index (χ2n) is 4.83. The number of nitrogens with two attached hydrogens (primary N) is 1. The lowest BCUT2D eigenvalue weighted by Gasteiger charge is -2.17. The summed E-state index contributed by atoms with van der Waals surface area (Å²) in [6.07, 6.45) is -1.56. The van der Waals surface area contributed by atoms with Gasteiger partial charge in [-0.2, -0.15) is 0 Å². The lowest BCUT2D eigenvalue weighted by Crippen LogP contribution is -2.43. The smallest absolute Gasteiger partial charge is 0.249 e. The molecule has 22 heavy (non-hydrogen) atoms. The number of amides is 2. The Kier molecular flexibility index (Phi) is 8.13. The van der Waals surface area contributed by atoms with Gasteiger partial charge in [0.2, 0.25) is 11.8 Å². The van der Waals surface area contributed by atoms with Gasteiger partial charge in [-0.15, -0.1) is 0 Å². The Morgan fingerprint density at radius 3 is 2.55 bits per heavy atom. The number of rotatable bonds is 9. The third-order valence-corrected chi connectivity index (χ3v) is 3.09. The Labute approximate surface area is 129 Å². The fraction of sp³-hybridized carbons (Fsp3) is 0.467. The van der Waals surface area contributed by atoms with E-state index in [1.165, 1.54) is 7.11 Å². The van der Waals surface area contributed by atoms with Gasteiger partial charge in [0.15, 0.2) is 0 Å². The van der Waals surface area contributed by atoms with Crippen LogP contribution in [0.25, 0.3) is 0 Å². The van der Waals surface area contributed by atoms with Crippen LogP contribution >= 0.6 is 0 Å². The van der Waals surface area contributed by atoms with E-state index in [4.69, 9.17) is 10.5 Å². The molecule has 0 saturated carbocycles. The summed E-state index contributed by atoms with van der Waals surface area (Å²) in [5.74, 6) is -0.753. The molecule has 0 saturated heterocycles. The highest BCUT2D eigenvalue weighted by Gasteiger charge is 2.21. The minimum absolute atomic E-state index is 0.0463. The van der Waals surface area contributed by atoms with Gasteiger partial charge in [-0.1, -0.05) is 30.3 Å². The van der Waals surface area contributed by atoms with Gasteiger partial charge in [0.25, 0.3) is 0 Å². The Morgan fingerprint density at radius 1 is 1.27 bits per heavy atom. The first kappa shape index (κ1) is 18.1. The van der Waals surface area contributed by atoms with Crippen LogP contribution in [0.4, 0.5) is 0 Å². The SMILES string of the molecule is COC(CC(O)CN)C(=O)NCC(=O)NCc1ccccc1. The summed E-state index contributed by atoms with van der Waals surface area (Å²) in [4.78, 5) is 23.5. The average molecular weight is 309 g/mol. The fourth-order valence-electron chi connectivity index (χ4n) is 1.79. The number of ether oxygens (including phenoxy) is 1. The molecular weight excluding hydrogens is 286 g/mol. The van der Waals surface area contributed by atoms with Gasteiger partial charge in [-0.05, 0) is 5.56 Å². The van der Waals surface area contributed by atoms with E-state index in [1.807, 2.05) is 30.3 Å². The maximum Gasteiger partial charge on any atom is 0.249 e. The maximum absolute atomic E-state index is 11.8. The highest BCUT2D eigenvalue weighted by Crippen LogP contribution is 2.01. The van der Waals surface area contributed by atoms with Crippen LogP contribution in [0.15, 0.2) is 30.3 Å². The number of nitrogens with one attached hydrogen (secondary N) is 2. The van der Waals surface area contributed by atoms with Gasteiger partial charge >= 0.3 is 0 Å². The van der Waals surface area contributed by atoms with Gasteiger partial charge in [0.1, 0.15) is 6.10 Å². The van der Waals surface area contributed by atoms with E-state index in [1.54, 1.807) is 0 Å². The fourth-order valence-corrected chi connectivity index (χ4v) is 1.79. The Morgan fingerprint density at radius 2 is 1.95 bits per heavy atom. The predicted molar refractivity (Wildman–Crippen MR) is 81.8 cm³/mol. The molecule has 7 heteroatoms. The summed E-state index contributed by atoms with van der Waals surface area (Å²) >= 11 is 0. The zero-order valence-corrected chi connectivity index (χ0v) is 12.6. The van der Waals surface area contributed by atoms with E-state index >= 15 is 0 Å². The van der Waals surface area contributed by atoms with Crippen LogP contribution < -0.4 is 16.4 Å². The molecule has 0 aromatic heterocycles. The molecule has 0 aliphatic heterocycles. The third-order valence-electron chi connectivity index (χ3n) is 3.09. The van der Waals surface area contributed by atoms with Crippen LogP contribution in [0.5, 0.6) is 0 Å². The van der Waals surface area contributed by atoms with Crippen LogP contribution in [-0.4, -0.2) is 49.3 Å². The standard InChI is InChI=1S/C15H23N3O4/c1-22-13(7-12(19)8-16)15(21)18-10-14(20)17-9-11-5-3-2-4-6-11/h2-6,12-13,19H,7-10,16H2,1H3,(H,17,20)(H,18,21). The number of aliphatic hydroxyl groups excluding tert-OH is 1. The minimum atomic E-state index is -0.833. The van der Waals surface area contributed by atoms with Crippen molar-refractivity contribution < 1.29 is 19.4 Å². The lowest BCUT2D eigenvalue weighted by molar-refractivity contribution is -0.134. The number of hydrogen-bond donors (Lipinski definition) is 4. The molecular formula is C15H23N3O4. The quantitative estimate of drug-likeness (QED) is 0.474. The number of carbonyl (C=O) groups excluding carboxylic acids is 2. The molecule has 1 aromatic rings. The average Bonchev–Trinajstić information content (AvgIpc) is 2.56. The van der Waals surface area contributed by atoms with Crippen LogP contribution in [0.2, 0.25) is 0 Å². The van der Waals surface area contributed by atoms with Crippen molar-refractivity contribution in [2.75, 3.05) is 20.2 Å². The van der Waals surface area contributed by atoms with E-state index in [2.05, 4.69) is 10.6 Å². The summed E-state index contributed by atoms with van der Waals surface area (Å²) in [5.41, 5.74) is 6.27. The second-order valence-corrected chi connectivity index (χ2v) is 4.83. The highest BCUT2D eigenvalue weighted by atomic mass is 16.5. The number of carbonyl (C=O) groups is 2. The number of methoxy groups -OCH3 is 1. The third kappa shape index (κ3) is 6.66. The van der Waals surface area contributed by atoms with E-state index in [9.17, 15) is 14.7 Å². The highest BCUT2D eigenvalue weighted by molar-refractivity contribution is 5.86. The molecule has 7 nitrogen and oxygen atoms in total. The van der Waals surface area contributed by atoms with E-state index < -0.39 is 18.1 Å². The van der Waals surface area contributed by atoms with Gasteiger partial charge in [-0.3, -0.25) is 9.59 Å². The van der Waals surface area contributed by atoms with Crippen LogP contribution in [0, 0.1) is 0 Å². The Bertz CT molecular complexity index is 467. The summed E-state index contributed by atoms with van der Waals surface area (Å²) in [5, 5.41) is 14.6. The maximum atomic E-state index is 11.8. The van der Waals surface area contributed by atoms with Crippen molar-refractivity contribution in [3.8, 4) is 0 Å². The van der Waals surface area contributed by atoms with E-state index in [0.29, 0.717) is 6.54 Å². The van der Waals surface area contributed by atoms with Crippen LogP contribution in [0.3, 0.4) is 0 Å². The van der Waals surface area contributed by atoms with Gasteiger partial charge in [0, 0.05) is 26.6 Å². The molecule has 2 amide bonds. The van der Waals surface area contributed by atoms with Crippen molar-refractivity contribution >= 4 is 11.8 Å². The second kappa shape index (κ2) is 9.88. The molecule has 1 rings (SSSR count). The number of benzene rings is 1. The van der Waals surface area contributed by atoms with Crippen molar-refractivity contribution in [1.82, 2.24) is 10.6 Å².